The zero-order chi connectivity index (χ0) is 13.9. The number of aryl methyl sites for hydroxylation is 2. The maximum Gasteiger partial charge on any atom is 0.119 e. The van der Waals surface area contributed by atoms with Crippen LogP contribution in [0.1, 0.15) is 36.1 Å². The van der Waals surface area contributed by atoms with Crippen LogP contribution in [0.5, 0.6) is 5.75 Å². The minimum absolute atomic E-state index is 0.404. The van der Waals surface area contributed by atoms with Gasteiger partial charge in [-0.05, 0) is 56.0 Å². The van der Waals surface area contributed by atoms with Crippen LogP contribution < -0.4 is 10.1 Å². The maximum atomic E-state index is 5.50. The van der Waals surface area contributed by atoms with E-state index in [0.717, 1.165) is 18.6 Å². The third kappa shape index (κ3) is 2.64. The topological polar surface area (TPSA) is 21.3 Å². The first-order chi connectivity index (χ1) is 9.76. The van der Waals surface area contributed by atoms with Crippen molar-refractivity contribution in [2.75, 3.05) is 11.9 Å². The van der Waals surface area contributed by atoms with Crippen molar-refractivity contribution in [3.05, 3.63) is 59.2 Å². The lowest BCUT2D eigenvalue weighted by Crippen LogP contribution is -2.18. The molecule has 1 aliphatic heterocycles. The summed E-state index contributed by atoms with van der Waals surface area (Å²) in [6.45, 7) is 4.88. The van der Waals surface area contributed by atoms with Gasteiger partial charge in [0, 0.05) is 5.69 Å². The van der Waals surface area contributed by atoms with E-state index < -0.39 is 0 Å². The molecule has 20 heavy (non-hydrogen) atoms. The molecule has 0 amide bonds. The van der Waals surface area contributed by atoms with Crippen molar-refractivity contribution in [2.45, 2.75) is 32.7 Å². The van der Waals surface area contributed by atoms with Gasteiger partial charge in [-0.15, -0.1) is 0 Å². The lowest BCUT2D eigenvalue weighted by molar-refractivity contribution is 0.340. The van der Waals surface area contributed by atoms with Crippen LogP contribution in [0.4, 0.5) is 5.69 Å². The van der Waals surface area contributed by atoms with Gasteiger partial charge in [0.15, 0.2) is 0 Å². The summed E-state index contributed by atoms with van der Waals surface area (Å²) in [6, 6.07) is 15.5. The molecule has 0 spiro atoms. The second kappa shape index (κ2) is 5.58. The molecule has 0 radical (unpaired) electrons. The van der Waals surface area contributed by atoms with Crippen LogP contribution in [0.15, 0.2) is 42.5 Å². The first-order valence-corrected chi connectivity index (χ1v) is 7.35. The van der Waals surface area contributed by atoms with E-state index >= 15 is 0 Å². The van der Waals surface area contributed by atoms with Crippen LogP contribution in [-0.2, 0) is 6.42 Å². The molecule has 2 nitrogen and oxygen atoms in total. The Morgan fingerprint density at radius 3 is 2.70 bits per heavy atom. The van der Waals surface area contributed by atoms with Gasteiger partial charge in [0.05, 0.1) is 12.6 Å². The fourth-order valence-electron chi connectivity index (χ4n) is 2.84. The Morgan fingerprint density at radius 2 is 1.95 bits per heavy atom. The van der Waals surface area contributed by atoms with E-state index in [1.54, 1.807) is 0 Å². The van der Waals surface area contributed by atoms with Crippen molar-refractivity contribution in [3.63, 3.8) is 0 Å². The Balaban J connectivity index is 1.77. The molecule has 1 heterocycles. The summed E-state index contributed by atoms with van der Waals surface area (Å²) in [5.41, 5.74) is 5.39. The number of hydrogen-bond acceptors (Lipinski definition) is 2. The standard InChI is InChI=1S/C18H21NO/c1-3-20-16-8-5-14(6-9-16)17-11-7-15-12-13(2)4-10-18(15)19-17/h4-6,8-10,12,17,19H,3,7,11H2,1-2H3/t17-/m0/s1. The fourth-order valence-corrected chi connectivity index (χ4v) is 2.84. The molecule has 1 N–H and O–H groups in total. The largest absolute Gasteiger partial charge is 0.494 e. The molecule has 0 aliphatic carbocycles. The quantitative estimate of drug-likeness (QED) is 0.884. The first kappa shape index (κ1) is 13.0. The summed E-state index contributed by atoms with van der Waals surface area (Å²) in [7, 11) is 0. The lowest BCUT2D eigenvalue weighted by Gasteiger charge is -2.28. The highest BCUT2D eigenvalue weighted by atomic mass is 16.5. The summed E-state index contributed by atoms with van der Waals surface area (Å²) < 4.78 is 5.50. The summed E-state index contributed by atoms with van der Waals surface area (Å²) >= 11 is 0. The Hall–Kier alpha value is -1.96. The third-order valence-corrected chi connectivity index (χ3v) is 3.89. The zero-order valence-electron chi connectivity index (χ0n) is 12.1. The van der Waals surface area contributed by atoms with Crippen molar-refractivity contribution >= 4 is 5.69 Å². The third-order valence-electron chi connectivity index (χ3n) is 3.89. The van der Waals surface area contributed by atoms with Gasteiger partial charge in [0.2, 0.25) is 0 Å². The minimum Gasteiger partial charge on any atom is -0.494 e. The molecule has 0 saturated heterocycles. The Kier molecular flexibility index (Phi) is 3.64. The van der Waals surface area contributed by atoms with Crippen molar-refractivity contribution in [1.29, 1.82) is 0 Å². The van der Waals surface area contributed by atoms with Gasteiger partial charge in [-0.3, -0.25) is 0 Å². The summed E-state index contributed by atoms with van der Waals surface area (Å²) in [5, 5.41) is 3.65. The van der Waals surface area contributed by atoms with E-state index in [4.69, 9.17) is 4.74 Å². The van der Waals surface area contributed by atoms with Gasteiger partial charge in [-0.25, -0.2) is 0 Å². The average Bonchev–Trinajstić information content (AvgIpc) is 2.48. The van der Waals surface area contributed by atoms with Crippen molar-refractivity contribution in [3.8, 4) is 5.75 Å². The molecule has 104 valence electrons. The zero-order valence-corrected chi connectivity index (χ0v) is 12.1. The predicted molar refractivity (Wildman–Crippen MR) is 83.5 cm³/mol. The second-order valence-corrected chi connectivity index (χ2v) is 5.40. The molecule has 3 rings (SSSR count). The normalized spacial score (nSPS) is 17.2. The first-order valence-electron chi connectivity index (χ1n) is 7.35. The van der Waals surface area contributed by atoms with E-state index in [-0.39, 0.29) is 0 Å². The van der Waals surface area contributed by atoms with Gasteiger partial charge < -0.3 is 10.1 Å². The molecular weight excluding hydrogens is 246 g/mol. The van der Waals surface area contributed by atoms with E-state index in [1.165, 1.54) is 22.4 Å². The molecule has 1 aliphatic rings. The van der Waals surface area contributed by atoms with Crippen molar-refractivity contribution in [1.82, 2.24) is 0 Å². The average molecular weight is 267 g/mol. The van der Waals surface area contributed by atoms with Gasteiger partial charge >= 0.3 is 0 Å². The van der Waals surface area contributed by atoms with E-state index in [0.29, 0.717) is 12.6 Å². The van der Waals surface area contributed by atoms with Crippen LogP contribution in [0.3, 0.4) is 0 Å². The Morgan fingerprint density at radius 1 is 1.15 bits per heavy atom. The number of fused-ring (bicyclic) bond motifs is 1. The van der Waals surface area contributed by atoms with Crippen LogP contribution in [-0.4, -0.2) is 6.61 Å². The van der Waals surface area contributed by atoms with E-state index in [9.17, 15) is 0 Å². The van der Waals surface area contributed by atoms with Crippen LogP contribution in [0, 0.1) is 6.92 Å². The molecule has 0 bridgehead atoms. The number of rotatable bonds is 3. The number of anilines is 1. The molecule has 0 unspecified atom stereocenters. The summed E-state index contributed by atoms with van der Waals surface area (Å²) in [5.74, 6) is 0.947. The molecule has 2 aromatic carbocycles. The minimum atomic E-state index is 0.404. The lowest BCUT2D eigenvalue weighted by atomic mass is 9.92. The SMILES string of the molecule is CCOc1ccc([C@@H]2CCc3cc(C)ccc3N2)cc1. The monoisotopic (exact) mass is 267 g/mol. The summed E-state index contributed by atoms with van der Waals surface area (Å²) in [6.07, 6.45) is 2.28. The van der Waals surface area contributed by atoms with Crippen LogP contribution in [0.2, 0.25) is 0 Å². The van der Waals surface area contributed by atoms with Gasteiger partial charge in [0.25, 0.3) is 0 Å². The second-order valence-electron chi connectivity index (χ2n) is 5.40. The van der Waals surface area contributed by atoms with E-state index in [1.807, 2.05) is 6.92 Å². The molecule has 1 atom stereocenters. The number of hydrogen-bond donors (Lipinski definition) is 1. The molecule has 0 aromatic heterocycles. The maximum absolute atomic E-state index is 5.50. The number of nitrogens with one attached hydrogen (secondary N) is 1. The molecule has 0 fully saturated rings. The summed E-state index contributed by atoms with van der Waals surface area (Å²) in [4.78, 5) is 0. The highest BCUT2D eigenvalue weighted by molar-refractivity contribution is 5.56. The number of ether oxygens (including phenoxy) is 1. The highest BCUT2D eigenvalue weighted by Crippen LogP contribution is 2.33. The van der Waals surface area contributed by atoms with Crippen LogP contribution >= 0.6 is 0 Å². The number of benzene rings is 2. The Labute approximate surface area is 120 Å². The predicted octanol–water partition coefficient (Wildman–Crippen LogP) is 4.49. The van der Waals surface area contributed by atoms with Gasteiger partial charge in [0.1, 0.15) is 5.75 Å². The smallest absolute Gasteiger partial charge is 0.119 e. The van der Waals surface area contributed by atoms with Crippen molar-refractivity contribution in [2.24, 2.45) is 0 Å². The molecule has 2 aromatic rings. The fraction of sp³-hybridized carbons (Fsp3) is 0.333. The molecule has 0 saturated carbocycles. The van der Waals surface area contributed by atoms with Gasteiger partial charge in [-0.1, -0.05) is 29.8 Å². The molecular formula is C18H21NO. The van der Waals surface area contributed by atoms with Gasteiger partial charge in [-0.2, -0.15) is 0 Å². The van der Waals surface area contributed by atoms with Crippen molar-refractivity contribution < 1.29 is 4.74 Å². The molecule has 2 heteroatoms. The Bertz CT molecular complexity index is 589. The van der Waals surface area contributed by atoms with Crippen LogP contribution in [0.25, 0.3) is 0 Å². The van der Waals surface area contributed by atoms with E-state index in [2.05, 4.69) is 54.7 Å². The highest BCUT2D eigenvalue weighted by Gasteiger charge is 2.18.